The zero-order valence-electron chi connectivity index (χ0n) is 18.6. The van der Waals surface area contributed by atoms with E-state index in [2.05, 4.69) is 13.8 Å². The van der Waals surface area contributed by atoms with Crippen LogP contribution in [0, 0.1) is 5.92 Å². The van der Waals surface area contributed by atoms with E-state index in [0.29, 0.717) is 29.1 Å². The number of carboxylic acid groups (broad SMARTS) is 1. The number of rotatable bonds is 8. The first kappa shape index (κ1) is 25.2. The van der Waals surface area contributed by atoms with Gasteiger partial charge in [0.2, 0.25) is 6.41 Å². The van der Waals surface area contributed by atoms with Crippen molar-refractivity contribution in [1.82, 2.24) is 9.88 Å². The third kappa shape index (κ3) is 5.92. The number of ether oxygens (including phenoxy) is 1. The number of carbonyl (C=O) groups is 1. The smallest absolute Gasteiger partial charge is 0.322 e. The number of aliphatic hydroxyl groups excluding tert-OH is 1. The van der Waals surface area contributed by atoms with Crippen molar-refractivity contribution in [3.63, 3.8) is 0 Å². The highest BCUT2D eigenvalue weighted by atomic mass is 35.5. The summed E-state index contributed by atoms with van der Waals surface area (Å²) in [6.45, 7) is 8.95. The third-order valence-electron chi connectivity index (χ3n) is 5.13. The van der Waals surface area contributed by atoms with Gasteiger partial charge in [-0.15, -0.1) is 11.3 Å². The molecule has 2 atom stereocenters. The van der Waals surface area contributed by atoms with Crippen molar-refractivity contribution >= 4 is 45.6 Å². The molecule has 1 aromatic carbocycles. The Morgan fingerprint density at radius 3 is 2.56 bits per heavy atom. The fraction of sp³-hybridized carbons (Fsp3) is 0.545. The number of carboxylic acids is 1. The molecule has 0 saturated carbocycles. The number of aliphatic hydroxyl groups is 1. The molecule has 2 aromatic rings. The molecule has 7 nitrogen and oxygen atoms in total. The van der Waals surface area contributed by atoms with E-state index in [1.54, 1.807) is 31.3 Å². The van der Waals surface area contributed by atoms with E-state index < -0.39 is 18.4 Å². The van der Waals surface area contributed by atoms with Crippen LogP contribution in [0.15, 0.2) is 18.2 Å². The average molecular weight is 502 g/mol. The number of hydrogen-bond acceptors (Lipinski definition) is 7. The lowest BCUT2D eigenvalue weighted by atomic mass is 10.0. The molecule has 0 radical (unpaired) electrons. The molecule has 0 aliphatic carbocycles. The first-order valence-corrected chi connectivity index (χ1v) is 12.2. The molecule has 0 amide bonds. The van der Waals surface area contributed by atoms with Gasteiger partial charge in [-0.3, -0.25) is 4.79 Å². The van der Waals surface area contributed by atoms with Gasteiger partial charge < -0.3 is 19.8 Å². The Morgan fingerprint density at radius 2 is 1.97 bits per heavy atom. The number of nitrogens with zero attached hydrogens (tertiary/aromatic N) is 3. The Bertz CT molecular complexity index is 953. The molecular weight excluding hydrogens is 473 g/mol. The number of benzene rings is 1. The summed E-state index contributed by atoms with van der Waals surface area (Å²) in [6.07, 6.45) is -0.641. The molecule has 2 N–H and O–H groups in total. The van der Waals surface area contributed by atoms with Crippen molar-refractivity contribution in [2.75, 3.05) is 24.5 Å². The van der Waals surface area contributed by atoms with Gasteiger partial charge in [-0.25, -0.2) is 9.88 Å². The molecule has 0 spiro atoms. The molecule has 176 valence electrons. The van der Waals surface area contributed by atoms with E-state index in [-0.39, 0.29) is 12.6 Å². The van der Waals surface area contributed by atoms with Gasteiger partial charge in [-0.05, 0) is 38.3 Å². The molecular formula is C22H29Cl2N3O4S. The second-order valence-corrected chi connectivity index (χ2v) is 10.4. The number of piperazine rings is 1. The Kier molecular flexibility index (Phi) is 8.41. The SMILES string of the molecule is CC(C)Cc1sc(N2CCN(C(O)OC(C)C)C(C(=O)O)C2)nc1-c1ccc(Cl)c(Cl)c1. The van der Waals surface area contributed by atoms with E-state index in [9.17, 15) is 15.0 Å². The fourth-order valence-corrected chi connectivity index (χ4v) is 5.26. The predicted octanol–water partition coefficient (Wildman–Crippen LogP) is 4.59. The minimum Gasteiger partial charge on any atom is -0.480 e. The van der Waals surface area contributed by atoms with Crippen LogP contribution in [-0.2, 0) is 16.0 Å². The lowest BCUT2D eigenvalue weighted by Crippen LogP contribution is -2.60. The molecule has 1 aliphatic rings. The first-order chi connectivity index (χ1) is 15.1. The Morgan fingerprint density at radius 1 is 1.25 bits per heavy atom. The van der Waals surface area contributed by atoms with Crippen molar-refractivity contribution in [2.24, 2.45) is 5.92 Å². The lowest BCUT2D eigenvalue weighted by Gasteiger charge is -2.41. The monoisotopic (exact) mass is 501 g/mol. The number of anilines is 1. The summed E-state index contributed by atoms with van der Waals surface area (Å²) < 4.78 is 5.42. The van der Waals surface area contributed by atoms with Gasteiger partial charge in [0.1, 0.15) is 6.04 Å². The van der Waals surface area contributed by atoms with Crippen LogP contribution >= 0.6 is 34.5 Å². The molecule has 10 heteroatoms. The molecule has 1 aromatic heterocycles. The summed E-state index contributed by atoms with van der Waals surface area (Å²) >= 11 is 13.9. The van der Waals surface area contributed by atoms with E-state index in [1.807, 2.05) is 17.0 Å². The maximum absolute atomic E-state index is 12.0. The lowest BCUT2D eigenvalue weighted by molar-refractivity contribution is -0.226. The van der Waals surface area contributed by atoms with Crippen molar-refractivity contribution in [2.45, 2.75) is 52.7 Å². The van der Waals surface area contributed by atoms with Crippen LogP contribution in [-0.4, -0.2) is 64.3 Å². The highest BCUT2D eigenvalue weighted by Crippen LogP contribution is 2.37. The van der Waals surface area contributed by atoms with E-state index in [4.69, 9.17) is 32.9 Å². The number of aromatic nitrogens is 1. The molecule has 2 unspecified atom stereocenters. The van der Waals surface area contributed by atoms with Gasteiger partial charge in [0, 0.05) is 30.1 Å². The van der Waals surface area contributed by atoms with Crippen LogP contribution in [0.1, 0.15) is 32.6 Å². The van der Waals surface area contributed by atoms with Crippen LogP contribution in [0.5, 0.6) is 0 Å². The zero-order valence-corrected chi connectivity index (χ0v) is 20.9. The minimum absolute atomic E-state index is 0.198. The molecule has 1 fully saturated rings. The Labute approximate surface area is 202 Å². The van der Waals surface area contributed by atoms with Gasteiger partial charge in [0.15, 0.2) is 5.13 Å². The van der Waals surface area contributed by atoms with Crippen LogP contribution in [0.3, 0.4) is 0 Å². The summed E-state index contributed by atoms with van der Waals surface area (Å²) in [7, 11) is 0. The van der Waals surface area contributed by atoms with Gasteiger partial charge in [-0.2, -0.15) is 0 Å². The minimum atomic E-state index is -1.27. The van der Waals surface area contributed by atoms with Crippen molar-refractivity contribution < 1.29 is 19.7 Å². The molecule has 1 saturated heterocycles. The van der Waals surface area contributed by atoms with Crippen molar-refractivity contribution in [1.29, 1.82) is 0 Å². The summed E-state index contributed by atoms with van der Waals surface area (Å²) in [5.41, 5.74) is 1.72. The topological polar surface area (TPSA) is 86.1 Å². The summed E-state index contributed by atoms with van der Waals surface area (Å²) in [5.74, 6) is -0.582. The quantitative estimate of drug-likeness (QED) is 0.511. The highest BCUT2D eigenvalue weighted by molar-refractivity contribution is 7.16. The van der Waals surface area contributed by atoms with E-state index in [1.165, 1.54) is 4.90 Å². The van der Waals surface area contributed by atoms with Gasteiger partial charge in [0.05, 0.1) is 21.8 Å². The van der Waals surface area contributed by atoms with Crippen molar-refractivity contribution in [3.05, 3.63) is 33.1 Å². The fourth-order valence-electron chi connectivity index (χ4n) is 3.63. The molecule has 1 aliphatic heterocycles. The van der Waals surface area contributed by atoms with E-state index >= 15 is 0 Å². The number of hydrogen-bond donors (Lipinski definition) is 2. The first-order valence-electron chi connectivity index (χ1n) is 10.6. The van der Waals surface area contributed by atoms with E-state index in [0.717, 1.165) is 27.7 Å². The third-order valence-corrected chi connectivity index (χ3v) is 7.01. The summed E-state index contributed by atoms with van der Waals surface area (Å²) in [4.78, 5) is 21.4. The van der Waals surface area contributed by atoms with Gasteiger partial charge in [0.25, 0.3) is 0 Å². The second-order valence-electron chi connectivity index (χ2n) is 8.54. The number of aliphatic carboxylic acids is 1. The summed E-state index contributed by atoms with van der Waals surface area (Å²) in [5, 5.41) is 21.8. The predicted molar refractivity (Wildman–Crippen MR) is 129 cm³/mol. The largest absolute Gasteiger partial charge is 0.480 e. The average Bonchev–Trinajstić information content (AvgIpc) is 3.12. The van der Waals surface area contributed by atoms with Crippen LogP contribution < -0.4 is 4.90 Å². The van der Waals surface area contributed by atoms with Crippen LogP contribution in [0.4, 0.5) is 5.13 Å². The molecule has 2 heterocycles. The number of thiazole rings is 1. The maximum atomic E-state index is 12.0. The molecule has 32 heavy (non-hydrogen) atoms. The Balaban J connectivity index is 1.89. The normalized spacial score (nSPS) is 18.5. The van der Waals surface area contributed by atoms with Gasteiger partial charge in [-0.1, -0.05) is 43.1 Å². The molecule has 0 bridgehead atoms. The molecule has 3 rings (SSSR count). The standard InChI is InChI=1S/C22H29Cl2N3O4S/c1-12(2)9-18-19(14-5-6-15(23)16(24)10-14)25-21(32-18)26-7-8-27(17(11-26)20(28)29)22(30)31-13(3)4/h5-6,10,12-13,17,22,30H,7-9,11H2,1-4H3,(H,28,29). The zero-order chi connectivity index (χ0) is 23.6. The van der Waals surface area contributed by atoms with Gasteiger partial charge >= 0.3 is 5.97 Å². The van der Waals surface area contributed by atoms with Crippen LogP contribution in [0.2, 0.25) is 10.0 Å². The van der Waals surface area contributed by atoms with Crippen LogP contribution in [0.25, 0.3) is 11.3 Å². The number of halogens is 2. The second kappa shape index (κ2) is 10.7. The van der Waals surface area contributed by atoms with Crippen molar-refractivity contribution in [3.8, 4) is 11.3 Å². The summed E-state index contributed by atoms with van der Waals surface area (Å²) in [6, 6.07) is 4.55. The Hall–Kier alpha value is -1.42. The maximum Gasteiger partial charge on any atom is 0.322 e. The highest BCUT2D eigenvalue weighted by Gasteiger charge is 2.38.